The lowest BCUT2D eigenvalue weighted by Gasteiger charge is -2.20. The van der Waals surface area contributed by atoms with Gasteiger partial charge < -0.3 is 4.42 Å². The molecule has 210 valence electrons. The molecule has 0 aliphatic rings. The molecule has 0 bridgehead atoms. The molecule has 0 fully saturated rings. The van der Waals surface area contributed by atoms with Gasteiger partial charge in [-0.05, 0) is 90.3 Å². The van der Waals surface area contributed by atoms with Crippen molar-refractivity contribution in [2.24, 2.45) is 0 Å². The zero-order valence-corrected chi connectivity index (χ0v) is 24.0. The van der Waals surface area contributed by atoms with Crippen molar-refractivity contribution in [1.29, 1.82) is 0 Å². The van der Waals surface area contributed by atoms with Crippen LogP contribution in [0.2, 0.25) is 0 Å². The molecule has 0 spiro atoms. The fraction of sp³-hybridized carbons (Fsp3) is 0. The third kappa shape index (κ3) is 4.17. The Kier molecular flexibility index (Phi) is 4.30. The summed E-state index contributed by atoms with van der Waals surface area (Å²) in [4.78, 5) is 0. The Morgan fingerprint density at radius 3 is 1.69 bits per heavy atom. The summed E-state index contributed by atoms with van der Waals surface area (Å²) < 4.78 is 78.7. The Morgan fingerprint density at radius 1 is 0.378 bits per heavy atom. The average molecular weight is 581 g/mol. The van der Waals surface area contributed by atoms with Gasteiger partial charge in [-0.25, -0.2) is 0 Å². The third-order valence-electron chi connectivity index (χ3n) is 8.47. The van der Waals surface area contributed by atoms with E-state index in [1.54, 1.807) is 6.07 Å². The summed E-state index contributed by atoms with van der Waals surface area (Å²) in [5.41, 5.74) is 4.89. The smallest absolute Gasteiger partial charge is 0.135 e. The summed E-state index contributed by atoms with van der Waals surface area (Å²) >= 11 is 0. The van der Waals surface area contributed by atoms with Gasteiger partial charge in [0.2, 0.25) is 0 Å². The highest BCUT2D eigenvalue weighted by atomic mass is 16.3. The van der Waals surface area contributed by atoms with Crippen molar-refractivity contribution in [2.45, 2.75) is 0 Å². The number of furan rings is 1. The topological polar surface area (TPSA) is 13.1 Å². The van der Waals surface area contributed by atoms with Crippen molar-refractivity contribution in [2.75, 3.05) is 0 Å². The molecule has 0 saturated heterocycles. The molecule has 1 heterocycles. The zero-order chi connectivity index (χ0) is 36.7. The van der Waals surface area contributed by atoms with Crippen LogP contribution >= 0.6 is 0 Å². The monoisotopic (exact) mass is 580 g/mol. The fourth-order valence-corrected chi connectivity index (χ4v) is 6.48. The van der Waals surface area contributed by atoms with Gasteiger partial charge in [0.15, 0.2) is 0 Å². The largest absolute Gasteiger partial charge is 0.456 e. The molecule has 0 atom stereocenters. The minimum absolute atomic E-state index is 0.0576. The second-order valence-corrected chi connectivity index (χ2v) is 11.0. The van der Waals surface area contributed by atoms with Gasteiger partial charge in [0, 0.05) is 10.8 Å². The van der Waals surface area contributed by atoms with Crippen molar-refractivity contribution in [3.8, 4) is 44.5 Å². The maximum atomic E-state index is 9.72. The Hall–Kier alpha value is -5.92. The van der Waals surface area contributed by atoms with E-state index >= 15 is 0 Å². The summed E-state index contributed by atoms with van der Waals surface area (Å²) in [7, 11) is 0. The lowest BCUT2D eigenvalue weighted by Crippen LogP contribution is -1.92. The molecule has 1 nitrogen and oxygen atoms in total. The van der Waals surface area contributed by atoms with Gasteiger partial charge in [0.1, 0.15) is 11.2 Å². The molecule has 0 saturated carbocycles. The van der Waals surface area contributed by atoms with Gasteiger partial charge in [-0.3, -0.25) is 0 Å². The Labute approximate surface area is 272 Å². The van der Waals surface area contributed by atoms with E-state index in [2.05, 4.69) is 0 Å². The van der Waals surface area contributed by atoms with Crippen LogP contribution in [0.5, 0.6) is 0 Å². The van der Waals surface area contributed by atoms with E-state index in [0.29, 0.717) is 60.5 Å². The van der Waals surface area contributed by atoms with Gasteiger partial charge in [0.25, 0.3) is 0 Å². The highest BCUT2D eigenvalue weighted by molar-refractivity contribution is 6.22. The van der Waals surface area contributed by atoms with E-state index in [9.17, 15) is 4.11 Å². The maximum Gasteiger partial charge on any atom is 0.135 e. The SMILES string of the molecule is [2H]c1c([2H])c(-c2ccc3oc4ccccc4c3c2)c([2H])c(-c2c3ccccc3c(-c3c([2H])c([2H])c([2H])c([2H])c3-c3ccccc3)c3ccccc23)c1[2H]. The first-order valence-corrected chi connectivity index (χ1v) is 14.8. The lowest BCUT2D eigenvalue weighted by atomic mass is 9.83. The number of hydrogen-bond donors (Lipinski definition) is 0. The fourth-order valence-electron chi connectivity index (χ4n) is 6.48. The molecule has 45 heavy (non-hydrogen) atoms. The molecule has 0 amide bonds. The molecule has 1 heteroatoms. The van der Waals surface area contributed by atoms with Crippen LogP contribution in [0.3, 0.4) is 0 Å². The molecule has 0 radical (unpaired) electrons. The van der Waals surface area contributed by atoms with Crippen molar-refractivity contribution < 1.29 is 15.4 Å². The summed E-state index contributed by atoms with van der Waals surface area (Å²) in [5, 5.41) is 4.34. The molecule has 0 aliphatic carbocycles. The van der Waals surface area contributed by atoms with Crippen LogP contribution in [-0.4, -0.2) is 0 Å². The first kappa shape index (κ1) is 18.7. The number of benzene rings is 8. The van der Waals surface area contributed by atoms with E-state index in [0.717, 1.165) is 16.4 Å². The molecule has 9 aromatic rings. The van der Waals surface area contributed by atoms with E-state index in [4.69, 9.17) is 11.3 Å². The predicted octanol–water partition coefficient (Wildman–Crippen LogP) is 12.6. The van der Waals surface area contributed by atoms with Gasteiger partial charge in [-0.1, -0.05) is 145 Å². The molecular weight excluding hydrogens is 544 g/mol. The van der Waals surface area contributed by atoms with Crippen LogP contribution in [0.25, 0.3) is 88.0 Å². The Morgan fingerprint density at radius 2 is 0.956 bits per heavy atom. The highest BCUT2D eigenvalue weighted by Crippen LogP contribution is 2.46. The lowest BCUT2D eigenvalue weighted by molar-refractivity contribution is 0.669. The molecule has 8 aromatic carbocycles. The normalized spacial score (nSPS) is 14.0. The average Bonchev–Trinajstić information content (AvgIpc) is 3.56. The van der Waals surface area contributed by atoms with Gasteiger partial charge in [-0.2, -0.15) is 0 Å². The van der Waals surface area contributed by atoms with Crippen LogP contribution in [0, 0.1) is 0 Å². The van der Waals surface area contributed by atoms with Crippen molar-refractivity contribution >= 4 is 43.5 Å². The molecule has 0 aliphatic heterocycles. The van der Waals surface area contributed by atoms with Gasteiger partial charge in [0.05, 0.1) is 11.0 Å². The summed E-state index contributed by atoms with van der Waals surface area (Å²) in [6, 6.07) is 35.5. The summed E-state index contributed by atoms with van der Waals surface area (Å²) in [6.45, 7) is 0. The summed E-state index contributed by atoms with van der Waals surface area (Å²) in [6.07, 6.45) is 0. The number of hydrogen-bond acceptors (Lipinski definition) is 1. The van der Waals surface area contributed by atoms with E-state index in [1.165, 1.54) is 0 Å². The summed E-state index contributed by atoms with van der Waals surface area (Å²) in [5.74, 6) is 0. The van der Waals surface area contributed by atoms with E-state index < -0.39 is 0 Å². The Bertz CT molecular complexity index is 2930. The Balaban J connectivity index is 1.41. The molecule has 9 rings (SSSR count). The van der Waals surface area contributed by atoms with Crippen LogP contribution in [0.15, 0.2) is 174 Å². The predicted molar refractivity (Wildman–Crippen MR) is 190 cm³/mol. The van der Waals surface area contributed by atoms with Crippen molar-refractivity contribution in [3.63, 3.8) is 0 Å². The van der Waals surface area contributed by atoms with E-state index in [1.807, 2.05) is 115 Å². The van der Waals surface area contributed by atoms with Gasteiger partial charge >= 0.3 is 0 Å². The number of para-hydroxylation sites is 1. The highest BCUT2D eigenvalue weighted by Gasteiger charge is 2.19. The molecular formula is C44H28O. The second-order valence-electron chi connectivity index (χ2n) is 11.0. The minimum atomic E-state index is -0.347. The van der Waals surface area contributed by atoms with Gasteiger partial charge in [-0.15, -0.1) is 0 Å². The molecule has 0 unspecified atom stereocenters. The van der Waals surface area contributed by atoms with Crippen LogP contribution in [0.1, 0.15) is 11.0 Å². The van der Waals surface area contributed by atoms with Crippen molar-refractivity contribution in [1.82, 2.24) is 0 Å². The minimum Gasteiger partial charge on any atom is -0.456 e. The van der Waals surface area contributed by atoms with Crippen LogP contribution in [0.4, 0.5) is 0 Å². The first-order valence-electron chi connectivity index (χ1n) is 18.8. The van der Waals surface area contributed by atoms with E-state index in [-0.39, 0.29) is 59.5 Å². The van der Waals surface area contributed by atoms with Crippen LogP contribution in [-0.2, 0) is 0 Å². The molecule has 0 N–H and O–H groups in total. The quantitative estimate of drug-likeness (QED) is 0.189. The zero-order valence-electron chi connectivity index (χ0n) is 32.0. The third-order valence-corrected chi connectivity index (χ3v) is 8.47. The maximum absolute atomic E-state index is 9.72. The molecule has 1 aromatic heterocycles. The first-order chi connectivity index (χ1) is 25.7. The second kappa shape index (κ2) is 10.4. The number of fused-ring (bicyclic) bond motifs is 5. The van der Waals surface area contributed by atoms with Crippen LogP contribution < -0.4 is 0 Å². The van der Waals surface area contributed by atoms with Crippen molar-refractivity contribution in [3.05, 3.63) is 170 Å². The number of rotatable bonds is 4. The standard InChI is InChI=1S/C44H28O/c1-2-13-29(14-3-1)33-17-4-5-19-35(33)44-38-22-8-6-20-36(38)43(37-21-7-9-23-39(37)44)32-16-12-15-30(27-32)31-25-26-42-40(28-31)34-18-10-11-24-41(34)45-42/h1-28H/i4D,5D,12D,15D,16D,17D,19D,27D.